The molecule has 10 heteroatoms. The fourth-order valence-electron chi connectivity index (χ4n) is 8.82. The van der Waals surface area contributed by atoms with Gasteiger partial charge in [0, 0.05) is 12.8 Å². The van der Waals surface area contributed by atoms with E-state index in [-0.39, 0.29) is 31.5 Å². The third-order valence-corrected chi connectivity index (χ3v) is 14.7. The highest BCUT2D eigenvalue weighted by atomic mass is 31.2. The van der Waals surface area contributed by atoms with E-state index < -0.39 is 20.0 Å². The molecule has 2 N–H and O–H groups in total. The van der Waals surface area contributed by atoms with Gasteiger partial charge in [0.15, 0.2) is 0 Å². The monoisotopic (exact) mass is 1110 g/mol. The molecular weight excluding hydrogens is 988 g/mol. The number of esters is 1. The van der Waals surface area contributed by atoms with Crippen molar-refractivity contribution in [3.8, 4) is 0 Å². The first-order chi connectivity index (χ1) is 37.9. The van der Waals surface area contributed by atoms with Crippen LogP contribution in [-0.4, -0.2) is 74.3 Å². The van der Waals surface area contributed by atoms with Crippen molar-refractivity contribution in [1.82, 2.24) is 5.32 Å². The van der Waals surface area contributed by atoms with Crippen molar-refractivity contribution in [1.29, 1.82) is 0 Å². The third kappa shape index (κ3) is 57.6. The summed E-state index contributed by atoms with van der Waals surface area (Å²) in [7, 11) is 1.47. The van der Waals surface area contributed by atoms with Crippen molar-refractivity contribution >= 4 is 19.7 Å². The van der Waals surface area contributed by atoms with Gasteiger partial charge in [0.25, 0.3) is 0 Å². The van der Waals surface area contributed by atoms with Crippen LogP contribution in [0.2, 0.25) is 0 Å². The fraction of sp³-hybridized carbons (Fsp3) is 0.735. The van der Waals surface area contributed by atoms with Crippen molar-refractivity contribution in [2.45, 2.75) is 283 Å². The molecule has 0 aliphatic heterocycles. The number of ether oxygens (including phenoxy) is 1. The molecule has 0 heterocycles. The van der Waals surface area contributed by atoms with Gasteiger partial charge in [-0.1, -0.05) is 247 Å². The van der Waals surface area contributed by atoms with E-state index in [0.29, 0.717) is 17.4 Å². The van der Waals surface area contributed by atoms with E-state index in [2.05, 4.69) is 111 Å². The van der Waals surface area contributed by atoms with Crippen LogP contribution in [0.15, 0.2) is 97.2 Å². The zero-order chi connectivity index (χ0) is 57.2. The Hall–Kier alpha value is -3.07. The number of hydrogen-bond acceptors (Lipinski definition) is 6. The molecule has 0 spiro atoms. The van der Waals surface area contributed by atoms with Crippen molar-refractivity contribution < 1.29 is 37.3 Å². The summed E-state index contributed by atoms with van der Waals surface area (Å²) in [4.78, 5) is 37.7. The summed E-state index contributed by atoms with van der Waals surface area (Å²) in [5.74, 6) is -0.539. The Morgan fingerprint density at radius 1 is 0.462 bits per heavy atom. The minimum Gasteiger partial charge on any atom is -0.456 e. The van der Waals surface area contributed by atoms with Gasteiger partial charge in [-0.25, -0.2) is 4.57 Å². The molecule has 0 saturated carbocycles. The SMILES string of the molecule is CC/C=C/C/C=C/C/C=C/CCCCCCC(=O)NC(COP(=O)(O)OCC[N+](C)(C)C)C(/C=C\CCCCCCCCCCCCC)OC(=O)CCCCCCCCCCC/C=C\C/C=C\C/C=C\C/C=C\CCCCC. The van der Waals surface area contributed by atoms with Crippen LogP contribution in [0.1, 0.15) is 271 Å². The predicted molar refractivity (Wildman–Crippen MR) is 337 cm³/mol. The minimum atomic E-state index is -4.46. The van der Waals surface area contributed by atoms with Gasteiger partial charge >= 0.3 is 13.8 Å². The van der Waals surface area contributed by atoms with E-state index in [1.54, 1.807) is 0 Å². The molecule has 9 nitrogen and oxygen atoms in total. The van der Waals surface area contributed by atoms with E-state index in [9.17, 15) is 19.0 Å². The summed E-state index contributed by atoms with van der Waals surface area (Å²) in [6.45, 7) is 6.85. The van der Waals surface area contributed by atoms with Crippen LogP contribution < -0.4 is 5.32 Å². The second kappa shape index (κ2) is 57.2. The van der Waals surface area contributed by atoms with Gasteiger partial charge in [0.2, 0.25) is 5.91 Å². The first-order valence-electron chi connectivity index (χ1n) is 32.1. The minimum absolute atomic E-state index is 0.0304. The zero-order valence-electron chi connectivity index (χ0n) is 51.4. The number of allylic oxidation sites excluding steroid dienone is 15. The first-order valence-corrected chi connectivity index (χ1v) is 33.6. The zero-order valence-corrected chi connectivity index (χ0v) is 52.3. The maximum absolute atomic E-state index is 13.5. The van der Waals surface area contributed by atoms with Crippen LogP contribution in [0.5, 0.6) is 0 Å². The molecule has 0 aliphatic carbocycles. The number of nitrogens with zero attached hydrogens (tertiary/aromatic N) is 1. The number of carbonyl (C=O) groups is 2. The number of carbonyl (C=O) groups excluding carboxylic acids is 2. The van der Waals surface area contributed by atoms with Crippen LogP contribution in [0.25, 0.3) is 0 Å². The molecular formula is C68H122N2O7P+. The normalized spacial score (nSPS) is 14.3. The van der Waals surface area contributed by atoms with E-state index in [1.165, 1.54) is 116 Å². The van der Waals surface area contributed by atoms with Crippen molar-refractivity contribution in [3.05, 3.63) is 97.2 Å². The van der Waals surface area contributed by atoms with Crippen LogP contribution in [0, 0.1) is 0 Å². The summed E-state index contributed by atoms with van der Waals surface area (Å²) in [6, 6.07) is -0.868. The van der Waals surface area contributed by atoms with Gasteiger partial charge in [-0.2, -0.15) is 0 Å². The number of likely N-dealkylation sites (N-methyl/N-ethyl adjacent to an activating group) is 1. The summed E-state index contributed by atoms with van der Waals surface area (Å²) in [5, 5.41) is 3.04. The molecule has 3 unspecified atom stereocenters. The summed E-state index contributed by atoms with van der Waals surface area (Å²) in [6.07, 6.45) is 76.9. The van der Waals surface area contributed by atoms with E-state index in [4.69, 9.17) is 13.8 Å². The molecule has 0 radical (unpaired) electrons. The van der Waals surface area contributed by atoms with Gasteiger partial charge in [-0.15, -0.1) is 0 Å². The average Bonchev–Trinajstić information content (AvgIpc) is 3.40. The highest BCUT2D eigenvalue weighted by Crippen LogP contribution is 2.43. The Bertz CT molecular complexity index is 1660. The van der Waals surface area contributed by atoms with Gasteiger partial charge < -0.3 is 19.4 Å². The number of quaternary nitrogens is 1. The second-order valence-electron chi connectivity index (χ2n) is 22.5. The van der Waals surface area contributed by atoms with Gasteiger partial charge in [0.05, 0.1) is 33.8 Å². The highest BCUT2D eigenvalue weighted by molar-refractivity contribution is 7.47. The van der Waals surface area contributed by atoms with E-state index >= 15 is 0 Å². The maximum Gasteiger partial charge on any atom is 0.472 e. The Morgan fingerprint density at radius 3 is 1.26 bits per heavy atom. The van der Waals surface area contributed by atoms with Gasteiger partial charge in [-0.3, -0.25) is 18.6 Å². The van der Waals surface area contributed by atoms with Crippen LogP contribution in [0.3, 0.4) is 0 Å². The molecule has 0 aliphatic rings. The Morgan fingerprint density at radius 2 is 0.821 bits per heavy atom. The molecule has 0 rings (SSSR count). The van der Waals surface area contributed by atoms with Crippen LogP contribution in [0.4, 0.5) is 0 Å². The lowest BCUT2D eigenvalue weighted by Gasteiger charge is -2.27. The molecule has 0 aromatic heterocycles. The fourth-order valence-corrected chi connectivity index (χ4v) is 9.56. The molecule has 3 atom stereocenters. The molecule has 0 saturated heterocycles. The third-order valence-electron chi connectivity index (χ3n) is 13.8. The van der Waals surface area contributed by atoms with Crippen LogP contribution in [-0.2, 0) is 27.9 Å². The summed E-state index contributed by atoms with van der Waals surface area (Å²) < 4.78 is 30.7. The van der Waals surface area contributed by atoms with E-state index in [0.717, 1.165) is 122 Å². The lowest BCUT2D eigenvalue weighted by atomic mass is 10.0. The molecule has 0 fully saturated rings. The number of rotatable bonds is 57. The molecule has 0 aromatic rings. The average molecular weight is 1110 g/mol. The second-order valence-corrected chi connectivity index (χ2v) is 24.0. The van der Waals surface area contributed by atoms with Gasteiger partial charge in [-0.05, 0) is 109 Å². The standard InChI is InChI=1S/C68H121N2O7P/c1-7-10-13-16-19-22-25-28-30-31-32-33-34-35-36-37-38-39-40-43-46-49-52-55-58-61-68(72)77-66(59-56-53-50-47-44-41-27-24-21-18-15-12-9-3)65(64-76-78(73,74)75-63-62-70(4,5)6)69-67(71)60-57-54-51-48-45-42-29-26-23-20-17-14-11-8-2/h11,14,19-20,22-23,28-30,32-33,35-36,42,56,59,65-66H,7-10,12-13,15-18,21,24-27,31,34,37-41,43-55,57-58,60-64H2,1-6H3,(H-,69,71,73,74)/p+1/b14-11+,22-19-,23-20+,30-28-,33-32-,36-35-,42-29+,59-56-. The topological polar surface area (TPSA) is 111 Å². The molecule has 78 heavy (non-hydrogen) atoms. The first kappa shape index (κ1) is 74.9. The number of unbranched alkanes of at least 4 members (excludes halogenated alkanes) is 27. The van der Waals surface area contributed by atoms with Gasteiger partial charge in [0.1, 0.15) is 19.3 Å². The van der Waals surface area contributed by atoms with Crippen molar-refractivity contribution in [2.75, 3.05) is 40.9 Å². The molecule has 0 bridgehead atoms. The van der Waals surface area contributed by atoms with Crippen LogP contribution >= 0.6 is 7.82 Å². The summed E-state index contributed by atoms with van der Waals surface area (Å²) in [5.41, 5.74) is 0. The van der Waals surface area contributed by atoms with Crippen molar-refractivity contribution in [2.24, 2.45) is 0 Å². The lowest BCUT2D eigenvalue weighted by Crippen LogP contribution is -2.47. The van der Waals surface area contributed by atoms with E-state index in [1.807, 2.05) is 33.3 Å². The predicted octanol–water partition coefficient (Wildman–Crippen LogP) is 19.9. The maximum atomic E-state index is 13.5. The number of phosphoric acid groups is 1. The number of amides is 1. The Labute approximate surface area is 481 Å². The number of phosphoric ester groups is 1. The molecule has 450 valence electrons. The quantitative estimate of drug-likeness (QED) is 0.0205. The Kier molecular flexibility index (Phi) is 54.9. The van der Waals surface area contributed by atoms with Crippen molar-refractivity contribution in [3.63, 3.8) is 0 Å². The largest absolute Gasteiger partial charge is 0.472 e. The highest BCUT2D eigenvalue weighted by Gasteiger charge is 2.30. The lowest BCUT2D eigenvalue weighted by molar-refractivity contribution is -0.870. The summed E-state index contributed by atoms with van der Waals surface area (Å²) >= 11 is 0. The Balaban J connectivity index is 5.21. The number of hydrogen-bond donors (Lipinski definition) is 2. The smallest absolute Gasteiger partial charge is 0.456 e. The molecule has 0 aromatic carbocycles. The number of nitrogens with one attached hydrogen (secondary N) is 1. The molecule has 1 amide bonds.